The van der Waals surface area contributed by atoms with Gasteiger partial charge < -0.3 is 4.57 Å². The molecule has 2 aromatic rings. The van der Waals surface area contributed by atoms with Crippen LogP contribution in [0.25, 0.3) is 0 Å². The number of rotatable bonds is 6. The lowest BCUT2D eigenvalue weighted by molar-refractivity contribution is 0.272. The smallest absolute Gasteiger partial charge is 0.0947 e. The Balaban J connectivity index is 2.50. The minimum absolute atomic E-state index is 0.00102. The number of imidazole rings is 1. The molecule has 1 unspecified atom stereocenters. The lowest BCUT2D eigenvalue weighted by Gasteiger charge is -2.39. The van der Waals surface area contributed by atoms with Gasteiger partial charge in [-0.25, -0.2) is 4.98 Å². The summed E-state index contributed by atoms with van der Waals surface area (Å²) in [6, 6.07) is 10.6. The van der Waals surface area contributed by atoms with Crippen molar-refractivity contribution in [2.75, 3.05) is 0 Å². The van der Waals surface area contributed by atoms with E-state index in [2.05, 4.69) is 48.5 Å². The Morgan fingerprint density at radius 3 is 2.35 bits per heavy atom. The molecule has 108 valence electrons. The van der Waals surface area contributed by atoms with E-state index in [-0.39, 0.29) is 11.5 Å². The van der Waals surface area contributed by atoms with Crippen molar-refractivity contribution in [2.45, 2.75) is 38.1 Å². The van der Waals surface area contributed by atoms with Crippen LogP contribution in [0, 0.1) is 0 Å². The summed E-state index contributed by atoms with van der Waals surface area (Å²) < 4.78 is 1.96. The van der Waals surface area contributed by atoms with Gasteiger partial charge in [0.2, 0.25) is 0 Å². The van der Waals surface area contributed by atoms with Gasteiger partial charge in [-0.3, -0.25) is 11.3 Å². The lowest BCUT2D eigenvalue weighted by atomic mass is 9.69. The third-order valence-electron chi connectivity index (χ3n) is 4.35. The van der Waals surface area contributed by atoms with Crippen LogP contribution in [-0.2, 0) is 12.5 Å². The van der Waals surface area contributed by atoms with Crippen molar-refractivity contribution in [2.24, 2.45) is 12.9 Å². The average Bonchev–Trinajstić information content (AvgIpc) is 2.92. The number of aryl methyl sites for hydroxylation is 1. The van der Waals surface area contributed by atoms with E-state index in [1.54, 1.807) is 0 Å². The normalized spacial score (nSPS) is 13.4. The minimum Gasteiger partial charge on any atom is -0.340 e. The van der Waals surface area contributed by atoms with Gasteiger partial charge in [-0.2, -0.15) is 0 Å². The summed E-state index contributed by atoms with van der Waals surface area (Å²) in [7, 11) is 1.98. The molecule has 1 atom stereocenters. The summed E-state index contributed by atoms with van der Waals surface area (Å²) in [6.07, 6.45) is 5.85. The van der Waals surface area contributed by atoms with Crippen LogP contribution in [0.4, 0.5) is 0 Å². The summed E-state index contributed by atoms with van der Waals surface area (Å²) in [5.41, 5.74) is 5.24. The van der Waals surface area contributed by atoms with E-state index in [0.717, 1.165) is 18.5 Å². The van der Waals surface area contributed by atoms with E-state index in [1.165, 1.54) is 5.56 Å². The third-order valence-corrected chi connectivity index (χ3v) is 4.35. The molecule has 0 saturated carbocycles. The SMILES string of the molecule is CCC(CC)(c1ccccc1)C(NN)c1cn(C)cn1. The van der Waals surface area contributed by atoms with Gasteiger partial charge in [0.25, 0.3) is 0 Å². The zero-order chi connectivity index (χ0) is 14.6. The molecule has 0 amide bonds. The second kappa shape index (κ2) is 6.20. The van der Waals surface area contributed by atoms with Crippen molar-refractivity contribution < 1.29 is 0 Å². The molecule has 0 fully saturated rings. The lowest BCUT2D eigenvalue weighted by Crippen LogP contribution is -2.44. The van der Waals surface area contributed by atoms with Gasteiger partial charge in [0.1, 0.15) is 0 Å². The molecule has 0 bridgehead atoms. The summed E-state index contributed by atoms with van der Waals surface area (Å²) in [5, 5.41) is 0. The minimum atomic E-state index is -0.0512. The first-order chi connectivity index (χ1) is 9.67. The molecule has 0 aliphatic heterocycles. The number of aromatic nitrogens is 2. The highest BCUT2D eigenvalue weighted by molar-refractivity contribution is 5.30. The average molecular weight is 272 g/mol. The molecule has 0 saturated heterocycles. The van der Waals surface area contributed by atoms with Gasteiger partial charge in [0, 0.05) is 18.7 Å². The van der Waals surface area contributed by atoms with Gasteiger partial charge in [0.05, 0.1) is 18.1 Å². The summed E-state index contributed by atoms with van der Waals surface area (Å²) in [5.74, 6) is 5.89. The first kappa shape index (κ1) is 14.8. The fourth-order valence-corrected chi connectivity index (χ4v) is 3.11. The van der Waals surface area contributed by atoms with Gasteiger partial charge in [-0.1, -0.05) is 44.2 Å². The van der Waals surface area contributed by atoms with Crippen molar-refractivity contribution >= 4 is 0 Å². The molecule has 20 heavy (non-hydrogen) atoms. The van der Waals surface area contributed by atoms with Gasteiger partial charge >= 0.3 is 0 Å². The predicted octanol–water partition coefficient (Wildman–Crippen LogP) is 2.68. The van der Waals surface area contributed by atoms with Crippen molar-refractivity contribution in [3.8, 4) is 0 Å². The zero-order valence-electron chi connectivity index (χ0n) is 12.5. The Hall–Kier alpha value is -1.65. The van der Waals surface area contributed by atoms with Crippen LogP contribution in [-0.4, -0.2) is 9.55 Å². The standard InChI is InChI=1S/C16H24N4/c1-4-16(5-2,13-9-7-6-8-10-13)15(19-17)14-11-20(3)12-18-14/h6-12,15,19H,4-5,17H2,1-3H3. The number of nitrogens with zero attached hydrogens (tertiary/aromatic N) is 2. The van der Waals surface area contributed by atoms with Gasteiger partial charge in [-0.15, -0.1) is 0 Å². The van der Waals surface area contributed by atoms with Crippen LogP contribution in [0.2, 0.25) is 0 Å². The monoisotopic (exact) mass is 272 g/mol. The van der Waals surface area contributed by atoms with Crippen molar-refractivity contribution in [1.82, 2.24) is 15.0 Å². The zero-order valence-corrected chi connectivity index (χ0v) is 12.5. The van der Waals surface area contributed by atoms with Crippen molar-refractivity contribution in [3.63, 3.8) is 0 Å². The molecule has 4 nitrogen and oxygen atoms in total. The van der Waals surface area contributed by atoms with E-state index >= 15 is 0 Å². The second-order valence-corrected chi connectivity index (χ2v) is 5.29. The molecule has 0 radical (unpaired) electrons. The van der Waals surface area contributed by atoms with Crippen LogP contribution in [0.15, 0.2) is 42.9 Å². The Kier molecular flexibility index (Phi) is 4.57. The molecular formula is C16H24N4. The first-order valence-electron chi connectivity index (χ1n) is 7.17. The number of hydrogen-bond acceptors (Lipinski definition) is 3. The van der Waals surface area contributed by atoms with E-state index in [1.807, 2.05) is 30.2 Å². The second-order valence-electron chi connectivity index (χ2n) is 5.29. The topological polar surface area (TPSA) is 55.9 Å². The highest BCUT2D eigenvalue weighted by Gasteiger charge is 2.38. The molecule has 3 N–H and O–H groups in total. The fraction of sp³-hybridized carbons (Fsp3) is 0.438. The molecule has 1 heterocycles. The molecule has 1 aromatic carbocycles. The first-order valence-corrected chi connectivity index (χ1v) is 7.17. The highest BCUT2D eigenvalue weighted by atomic mass is 15.3. The molecular weight excluding hydrogens is 248 g/mol. The number of benzene rings is 1. The summed E-state index contributed by atoms with van der Waals surface area (Å²) in [6.45, 7) is 4.42. The van der Waals surface area contributed by atoms with Crippen LogP contribution in [0.5, 0.6) is 0 Å². The predicted molar refractivity (Wildman–Crippen MR) is 82.0 cm³/mol. The van der Waals surface area contributed by atoms with Crippen molar-refractivity contribution in [1.29, 1.82) is 0 Å². The molecule has 0 spiro atoms. The quantitative estimate of drug-likeness (QED) is 0.628. The number of hydrogen-bond donors (Lipinski definition) is 2. The Morgan fingerprint density at radius 2 is 1.90 bits per heavy atom. The van der Waals surface area contributed by atoms with Crippen LogP contribution in [0.3, 0.4) is 0 Å². The van der Waals surface area contributed by atoms with Crippen LogP contribution in [0.1, 0.15) is 44.0 Å². The Morgan fingerprint density at radius 1 is 1.25 bits per heavy atom. The Labute approximate surface area is 121 Å². The van der Waals surface area contributed by atoms with Crippen LogP contribution < -0.4 is 11.3 Å². The molecule has 2 rings (SSSR count). The van der Waals surface area contributed by atoms with Gasteiger partial charge in [-0.05, 0) is 18.4 Å². The van der Waals surface area contributed by atoms with Gasteiger partial charge in [0.15, 0.2) is 0 Å². The number of hydrazine groups is 1. The molecule has 1 aromatic heterocycles. The number of nitrogens with one attached hydrogen (secondary N) is 1. The fourth-order valence-electron chi connectivity index (χ4n) is 3.11. The summed E-state index contributed by atoms with van der Waals surface area (Å²) in [4.78, 5) is 4.49. The largest absolute Gasteiger partial charge is 0.340 e. The highest BCUT2D eigenvalue weighted by Crippen LogP contribution is 2.42. The van der Waals surface area contributed by atoms with E-state index in [0.29, 0.717) is 0 Å². The van der Waals surface area contributed by atoms with E-state index in [9.17, 15) is 0 Å². The maximum atomic E-state index is 5.89. The van der Waals surface area contributed by atoms with E-state index < -0.39 is 0 Å². The molecule has 0 aliphatic rings. The molecule has 4 heteroatoms. The van der Waals surface area contributed by atoms with E-state index in [4.69, 9.17) is 5.84 Å². The van der Waals surface area contributed by atoms with Crippen molar-refractivity contribution in [3.05, 3.63) is 54.1 Å². The molecule has 0 aliphatic carbocycles. The third kappa shape index (κ3) is 2.49. The Bertz CT molecular complexity index is 528. The van der Waals surface area contributed by atoms with Crippen LogP contribution >= 0.6 is 0 Å². The maximum Gasteiger partial charge on any atom is 0.0947 e. The maximum absolute atomic E-state index is 5.89. The summed E-state index contributed by atoms with van der Waals surface area (Å²) >= 11 is 0. The number of nitrogens with two attached hydrogens (primary N) is 1.